The number of aromatic nitrogens is 5. The molecule has 0 unspecified atom stereocenters. The first-order valence-electron chi connectivity index (χ1n) is 9.10. The van der Waals surface area contributed by atoms with Gasteiger partial charge in [0.1, 0.15) is 11.6 Å². The number of thiazole rings is 1. The summed E-state index contributed by atoms with van der Waals surface area (Å²) >= 11 is 2.31. The Hall–Kier alpha value is -3.18. The van der Waals surface area contributed by atoms with Crippen LogP contribution in [0.4, 0.5) is 13.9 Å². The van der Waals surface area contributed by atoms with Crippen LogP contribution in [0.15, 0.2) is 46.9 Å². The number of nitrogens with one attached hydrogen (secondary N) is 1. The van der Waals surface area contributed by atoms with Crippen LogP contribution in [-0.2, 0) is 4.79 Å². The molecule has 4 aromatic rings. The Morgan fingerprint density at radius 3 is 2.87 bits per heavy atom. The molecule has 0 spiro atoms. The van der Waals surface area contributed by atoms with Gasteiger partial charge in [-0.3, -0.25) is 4.79 Å². The molecule has 2 aromatic heterocycles. The Morgan fingerprint density at radius 2 is 2.03 bits per heavy atom. The van der Waals surface area contributed by atoms with Gasteiger partial charge in [0, 0.05) is 10.9 Å². The summed E-state index contributed by atoms with van der Waals surface area (Å²) in [4.78, 5) is 16.5. The van der Waals surface area contributed by atoms with Crippen LogP contribution in [0.3, 0.4) is 0 Å². The number of halogens is 2. The summed E-state index contributed by atoms with van der Waals surface area (Å²) in [6.07, 6.45) is 0. The van der Waals surface area contributed by atoms with Gasteiger partial charge < -0.3 is 5.32 Å². The van der Waals surface area contributed by atoms with E-state index < -0.39 is 11.6 Å². The van der Waals surface area contributed by atoms with Gasteiger partial charge in [0.25, 0.3) is 0 Å². The lowest BCUT2D eigenvalue weighted by molar-refractivity contribution is -0.113. The molecule has 2 heterocycles. The summed E-state index contributed by atoms with van der Waals surface area (Å²) < 4.78 is 28.9. The second-order valence-corrected chi connectivity index (χ2v) is 8.46. The van der Waals surface area contributed by atoms with Crippen LogP contribution in [0.2, 0.25) is 0 Å². The molecular formula is C20H16F2N6OS2. The van der Waals surface area contributed by atoms with Crippen molar-refractivity contribution in [2.24, 2.45) is 0 Å². The lowest BCUT2D eigenvalue weighted by Crippen LogP contribution is -2.14. The number of benzene rings is 2. The van der Waals surface area contributed by atoms with Gasteiger partial charge in [-0.05, 0) is 59.7 Å². The van der Waals surface area contributed by atoms with Gasteiger partial charge in [0.05, 0.1) is 17.1 Å². The minimum Gasteiger partial charge on any atom is -0.301 e. The van der Waals surface area contributed by atoms with Crippen molar-refractivity contribution in [3.63, 3.8) is 0 Å². The van der Waals surface area contributed by atoms with Crippen molar-refractivity contribution in [1.82, 2.24) is 25.2 Å². The number of rotatable bonds is 6. The standard InChI is InChI=1S/C20H16F2N6OS2/c1-11-3-4-12(2)17(7-11)28-20(25-26-27-28)31-10-18(29)24-19-23-16(9-30-19)14-8-13(21)5-6-15(14)22/h3-9H,10H2,1-2H3,(H,23,24,29). The predicted octanol–water partition coefficient (Wildman–Crippen LogP) is 4.41. The Labute approximate surface area is 184 Å². The first-order valence-corrected chi connectivity index (χ1v) is 11.0. The van der Waals surface area contributed by atoms with Crippen molar-refractivity contribution in [2.45, 2.75) is 19.0 Å². The molecule has 0 radical (unpaired) electrons. The molecule has 1 amide bonds. The number of hydrogen-bond acceptors (Lipinski definition) is 7. The Morgan fingerprint density at radius 1 is 1.19 bits per heavy atom. The summed E-state index contributed by atoms with van der Waals surface area (Å²) in [5.41, 5.74) is 3.21. The molecule has 11 heteroatoms. The van der Waals surface area contributed by atoms with Crippen LogP contribution in [0.1, 0.15) is 11.1 Å². The van der Waals surface area contributed by atoms with Crippen molar-refractivity contribution in [2.75, 3.05) is 11.1 Å². The van der Waals surface area contributed by atoms with Crippen molar-refractivity contribution in [3.05, 3.63) is 64.5 Å². The summed E-state index contributed by atoms with van der Waals surface area (Å²) in [5, 5.41) is 16.7. The monoisotopic (exact) mass is 458 g/mol. The van der Waals surface area contributed by atoms with Crippen LogP contribution in [-0.4, -0.2) is 36.9 Å². The summed E-state index contributed by atoms with van der Waals surface area (Å²) in [7, 11) is 0. The van der Waals surface area contributed by atoms with E-state index in [1.807, 2.05) is 32.0 Å². The van der Waals surface area contributed by atoms with Gasteiger partial charge in [0.15, 0.2) is 5.13 Å². The van der Waals surface area contributed by atoms with E-state index in [1.165, 1.54) is 11.8 Å². The Bertz CT molecular complexity index is 1260. The van der Waals surface area contributed by atoms with Gasteiger partial charge in [-0.2, -0.15) is 4.68 Å². The number of nitrogens with zero attached hydrogens (tertiary/aromatic N) is 5. The molecule has 0 aliphatic rings. The second kappa shape index (κ2) is 8.90. The van der Waals surface area contributed by atoms with E-state index >= 15 is 0 Å². The number of carbonyl (C=O) groups is 1. The largest absolute Gasteiger partial charge is 0.301 e. The van der Waals surface area contributed by atoms with Crippen LogP contribution >= 0.6 is 23.1 Å². The summed E-state index contributed by atoms with van der Waals surface area (Å²) in [6, 6.07) is 9.10. The Balaban J connectivity index is 1.42. The quantitative estimate of drug-likeness (QED) is 0.431. The molecule has 7 nitrogen and oxygen atoms in total. The maximum absolute atomic E-state index is 13.9. The SMILES string of the molecule is Cc1ccc(C)c(-n2nnnc2SCC(=O)Nc2nc(-c3cc(F)ccc3F)cs2)c1. The van der Waals surface area contributed by atoms with Crippen molar-refractivity contribution in [1.29, 1.82) is 0 Å². The van der Waals surface area contributed by atoms with E-state index in [2.05, 4.69) is 25.8 Å². The third-order valence-corrected chi connectivity index (χ3v) is 6.00. The van der Waals surface area contributed by atoms with E-state index in [4.69, 9.17) is 0 Å². The molecule has 0 aliphatic heterocycles. The summed E-state index contributed by atoms with van der Waals surface area (Å²) in [5.74, 6) is -1.42. The lowest BCUT2D eigenvalue weighted by atomic mass is 10.1. The average molecular weight is 459 g/mol. The minimum absolute atomic E-state index is 0.0406. The van der Waals surface area contributed by atoms with Crippen LogP contribution in [0.5, 0.6) is 0 Å². The number of anilines is 1. The van der Waals surface area contributed by atoms with Gasteiger partial charge in [0.2, 0.25) is 11.1 Å². The number of tetrazole rings is 1. The maximum atomic E-state index is 13.9. The van der Waals surface area contributed by atoms with Gasteiger partial charge in [-0.25, -0.2) is 13.8 Å². The molecule has 0 bridgehead atoms. The van der Waals surface area contributed by atoms with Crippen molar-refractivity contribution in [3.8, 4) is 16.9 Å². The fraction of sp³-hybridized carbons (Fsp3) is 0.150. The molecule has 0 fully saturated rings. The number of hydrogen-bond donors (Lipinski definition) is 1. The first-order chi connectivity index (χ1) is 14.9. The zero-order chi connectivity index (χ0) is 22.0. The molecule has 31 heavy (non-hydrogen) atoms. The minimum atomic E-state index is -0.585. The van der Waals surface area contributed by atoms with E-state index in [0.29, 0.717) is 10.3 Å². The molecule has 0 saturated carbocycles. The smallest absolute Gasteiger partial charge is 0.236 e. The third-order valence-electron chi connectivity index (χ3n) is 4.32. The normalized spacial score (nSPS) is 11.0. The highest BCUT2D eigenvalue weighted by Gasteiger charge is 2.15. The molecule has 0 saturated heterocycles. The third kappa shape index (κ3) is 4.78. The summed E-state index contributed by atoms with van der Waals surface area (Å²) in [6.45, 7) is 3.94. The number of thioether (sulfide) groups is 1. The second-order valence-electron chi connectivity index (χ2n) is 6.66. The number of amides is 1. The lowest BCUT2D eigenvalue weighted by Gasteiger charge is -2.08. The number of carbonyl (C=O) groups excluding carboxylic acids is 1. The van der Waals surface area contributed by atoms with Crippen LogP contribution in [0, 0.1) is 25.5 Å². The molecular weight excluding hydrogens is 442 g/mol. The molecule has 2 aromatic carbocycles. The molecule has 0 aliphatic carbocycles. The van der Waals surface area contributed by atoms with E-state index in [9.17, 15) is 13.6 Å². The van der Waals surface area contributed by atoms with Crippen molar-refractivity contribution < 1.29 is 13.6 Å². The average Bonchev–Trinajstić information content (AvgIpc) is 3.39. The first kappa shape index (κ1) is 21.1. The van der Waals surface area contributed by atoms with E-state index in [-0.39, 0.29) is 22.9 Å². The Kier molecular flexibility index (Phi) is 6.05. The highest BCUT2D eigenvalue weighted by atomic mass is 32.2. The van der Waals surface area contributed by atoms with Crippen molar-refractivity contribution >= 4 is 34.1 Å². The van der Waals surface area contributed by atoms with Crippen LogP contribution < -0.4 is 5.32 Å². The highest BCUT2D eigenvalue weighted by molar-refractivity contribution is 7.99. The highest BCUT2D eigenvalue weighted by Crippen LogP contribution is 2.28. The molecule has 158 valence electrons. The maximum Gasteiger partial charge on any atom is 0.236 e. The fourth-order valence-electron chi connectivity index (χ4n) is 2.80. The molecule has 4 rings (SSSR count). The predicted molar refractivity (Wildman–Crippen MR) is 115 cm³/mol. The van der Waals surface area contributed by atoms with Gasteiger partial charge in [-0.1, -0.05) is 23.9 Å². The van der Waals surface area contributed by atoms with E-state index in [1.54, 1.807) is 10.1 Å². The van der Waals surface area contributed by atoms with E-state index in [0.717, 1.165) is 46.4 Å². The molecule has 0 atom stereocenters. The fourth-order valence-corrected chi connectivity index (χ4v) is 4.21. The zero-order valence-corrected chi connectivity index (χ0v) is 18.1. The van der Waals surface area contributed by atoms with Gasteiger partial charge >= 0.3 is 0 Å². The zero-order valence-electron chi connectivity index (χ0n) is 16.5. The number of aryl methyl sites for hydroxylation is 2. The van der Waals surface area contributed by atoms with Crippen LogP contribution in [0.25, 0.3) is 16.9 Å². The van der Waals surface area contributed by atoms with Gasteiger partial charge in [-0.15, -0.1) is 16.4 Å². The topological polar surface area (TPSA) is 85.6 Å². The molecule has 1 N–H and O–H groups in total.